The Balaban J connectivity index is 3.69. The number of aliphatic hydroxyl groups is 1. The molecule has 0 amide bonds. The van der Waals surface area contributed by atoms with Gasteiger partial charge in [-0.25, -0.2) is 0 Å². The molecule has 0 aliphatic heterocycles. The van der Waals surface area contributed by atoms with Crippen LogP contribution < -0.4 is 5.73 Å². The number of rotatable bonds is 5. The van der Waals surface area contributed by atoms with E-state index in [0.717, 1.165) is 6.04 Å². The molecule has 11 heavy (non-hydrogen) atoms. The minimum absolute atomic E-state index is 0.532. The zero-order valence-corrected chi connectivity index (χ0v) is 8.33. The topological polar surface area (TPSA) is 64.7 Å². The zero-order valence-electron chi connectivity index (χ0n) is 7.33. The molecule has 4 nitrogen and oxygen atoms in total. The molecule has 0 rings (SSSR count). The van der Waals surface area contributed by atoms with Crippen LogP contribution in [0.25, 0.3) is 0 Å². The Morgan fingerprint density at radius 1 is 1.45 bits per heavy atom. The van der Waals surface area contributed by atoms with E-state index in [1.807, 2.05) is 6.55 Å². The van der Waals surface area contributed by atoms with Crippen molar-refractivity contribution in [2.24, 2.45) is 5.73 Å². The second kappa shape index (κ2) is 4.84. The Morgan fingerprint density at radius 2 is 1.91 bits per heavy atom. The van der Waals surface area contributed by atoms with E-state index in [4.69, 9.17) is 19.7 Å². The van der Waals surface area contributed by atoms with Gasteiger partial charge in [-0.2, -0.15) is 0 Å². The largest absolute Gasteiger partial charge is 0.398 e. The van der Waals surface area contributed by atoms with Crippen LogP contribution in [0.15, 0.2) is 0 Å². The second-order valence-electron chi connectivity index (χ2n) is 2.65. The predicted molar refractivity (Wildman–Crippen MR) is 45.3 cm³/mol. The summed E-state index contributed by atoms with van der Waals surface area (Å²) in [5, 5.41) is 8.80. The molecule has 3 N–H and O–H groups in total. The molecule has 0 saturated heterocycles. The summed E-state index contributed by atoms with van der Waals surface area (Å²) in [5.74, 6) is 0. The van der Waals surface area contributed by atoms with Crippen LogP contribution in [0, 0.1) is 0 Å². The van der Waals surface area contributed by atoms with Crippen molar-refractivity contribution in [1.82, 2.24) is 0 Å². The summed E-state index contributed by atoms with van der Waals surface area (Å²) in [7, 11) is 1.25. The molecule has 0 saturated carbocycles. The van der Waals surface area contributed by atoms with Crippen LogP contribution in [0.4, 0.5) is 0 Å². The van der Waals surface area contributed by atoms with E-state index in [9.17, 15) is 0 Å². The van der Waals surface area contributed by atoms with E-state index in [-0.39, 0.29) is 0 Å². The van der Waals surface area contributed by atoms with Gasteiger partial charge in [-0.15, -0.1) is 0 Å². The van der Waals surface area contributed by atoms with Crippen LogP contribution in [-0.2, 0) is 8.85 Å². The fourth-order valence-corrected chi connectivity index (χ4v) is 2.09. The molecule has 1 atom stereocenters. The quantitative estimate of drug-likeness (QED) is 0.461. The monoisotopic (exact) mass is 179 g/mol. The molecule has 0 aliphatic rings. The SMILES string of the molecule is CO[Si](C)(CCC(N)O)OC. The zero-order chi connectivity index (χ0) is 8.91. The highest BCUT2D eigenvalue weighted by atomic mass is 28.4. The van der Waals surface area contributed by atoms with Gasteiger partial charge in [0, 0.05) is 14.2 Å². The molecule has 0 aromatic rings. The number of hydrogen-bond donors (Lipinski definition) is 2. The minimum Gasteiger partial charge on any atom is -0.398 e. The fourth-order valence-electron chi connectivity index (χ4n) is 0.698. The van der Waals surface area contributed by atoms with E-state index < -0.39 is 14.8 Å². The first-order chi connectivity index (χ1) is 5.04. The molecule has 68 valence electrons. The van der Waals surface area contributed by atoms with Crippen molar-refractivity contribution < 1.29 is 14.0 Å². The summed E-state index contributed by atoms with van der Waals surface area (Å²) in [4.78, 5) is 0. The lowest BCUT2D eigenvalue weighted by molar-refractivity contribution is 0.169. The molecule has 0 aliphatic carbocycles. The molecule has 0 aromatic carbocycles. The highest BCUT2D eigenvalue weighted by Crippen LogP contribution is 2.13. The summed E-state index contributed by atoms with van der Waals surface area (Å²) in [5.41, 5.74) is 5.18. The summed E-state index contributed by atoms with van der Waals surface area (Å²) in [6.07, 6.45) is -0.225. The van der Waals surface area contributed by atoms with Crippen LogP contribution in [0.1, 0.15) is 6.42 Å². The lowest BCUT2D eigenvalue weighted by atomic mass is 10.4. The molecule has 0 aromatic heterocycles. The van der Waals surface area contributed by atoms with E-state index in [0.29, 0.717) is 6.42 Å². The van der Waals surface area contributed by atoms with Gasteiger partial charge in [0.05, 0.1) is 0 Å². The average Bonchev–Trinajstić information content (AvgIpc) is 2.00. The third-order valence-electron chi connectivity index (χ3n) is 1.76. The van der Waals surface area contributed by atoms with Gasteiger partial charge in [0.25, 0.3) is 0 Å². The third kappa shape index (κ3) is 4.49. The molecule has 0 spiro atoms. The van der Waals surface area contributed by atoms with Crippen LogP contribution in [-0.4, -0.2) is 34.1 Å². The van der Waals surface area contributed by atoms with Crippen molar-refractivity contribution in [3.63, 3.8) is 0 Å². The minimum atomic E-state index is -2.00. The standard InChI is InChI=1S/C6H17NO3Si/c1-9-11(3,10-2)5-4-6(7)8/h6,8H,4-5,7H2,1-3H3. The Kier molecular flexibility index (Phi) is 4.86. The Bertz CT molecular complexity index is 106. The Morgan fingerprint density at radius 3 is 2.18 bits per heavy atom. The Labute approximate surface area is 68.6 Å². The average molecular weight is 179 g/mol. The summed E-state index contributed by atoms with van der Waals surface area (Å²) in [6, 6.07) is 0.720. The Hall–Kier alpha value is 0.0569. The van der Waals surface area contributed by atoms with Crippen LogP contribution >= 0.6 is 0 Å². The first-order valence-corrected chi connectivity index (χ1v) is 6.10. The highest BCUT2D eigenvalue weighted by Gasteiger charge is 2.28. The third-order valence-corrected chi connectivity index (χ3v) is 4.68. The summed E-state index contributed by atoms with van der Waals surface area (Å²) >= 11 is 0. The van der Waals surface area contributed by atoms with Gasteiger partial charge in [-0.1, -0.05) is 0 Å². The molecule has 0 radical (unpaired) electrons. The van der Waals surface area contributed by atoms with E-state index in [1.165, 1.54) is 0 Å². The van der Waals surface area contributed by atoms with Crippen molar-refractivity contribution in [2.45, 2.75) is 25.2 Å². The van der Waals surface area contributed by atoms with Gasteiger partial charge in [0.15, 0.2) is 0 Å². The lowest BCUT2D eigenvalue weighted by Crippen LogP contribution is -2.37. The predicted octanol–water partition coefficient (Wildman–Crippen LogP) is 0.0184. The number of nitrogens with two attached hydrogens (primary N) is 1. The summed E-state index contributed by atoms with van der Waals surface area (Å²) in [6.45, 7) is 1.94. The molecular formula is C6H17NO3Si. The van der Waals surface area contributed by atoms with E-state index in [2.05, 4.69) is 0 Å². The van der Waals surface area contributed by atoms with Crippen LogP contribution in [0.2, 0.25) is 12.6 Å². The fraction of sp³-hybridized carbons (Fsp3) is 1.00. The van der Waals surface area contributed by atoms with Crippen molar-refractivity contribution >= 4 is 8.56 Å². The maximum Gasteiger partial charge on any atom is 0.334 e. The summed E-state index contributed by atoms with van der Waals surface area (Å²) < 4.78 is 10.4. The molecular weight excluding hydrogens is 162 g/mol. The maximum absolute atomic E-state index is 8.80. The molecule has 5 heteroatoms. The maximum atomic E-state index is 8.80. The molecule has 0 fully saturated rings. The van der Waals surface area contributed by atoms with Crippen LogP contribution in [0.3, 0.4) is 0 Å². The van der Waals surface area contributed by atoms with Gasteiger partial charge >= 0.3 is 8.56 Å². The van der Waals surface area contributed by atoms with Crippen LogP contribution in [0.5, 0.6) is 0 Å². The molecule has 1 unspecified atom stereocenters. The highest BCUT2D eigenvalue weighted by molar-refractivity contribution is 6.65. The van der Waals surface area contributed by atoms with Crippen molar-refractivity contribution in [3.8, 4) is 0 Å². The lowest BCUT2D eigenvalue weighted by Gasteiger charge is -2.22. The van der Waals surface area contributed by atoms with Gasteiger partial charge in [0.2, 0.25) is 0 Å². The van der Waals surface area contributed by atoms with Crippen molar-refractivity contribution in [3.05, 3.63) is 0 Å². The smallest absolute Gasteiger partial charge is 0.334 e. The first kappa shape index (κ1) is 11.1. The van der Waals surface area contributed by atoms with Gasteiger partial charge in [0.1, 0.15) is 6.23 Å². The first-order valence-electron chi connectivity index (χ1n) is 3.58. The normalized spacial score (nSPS) is 15.0. The second-order valence-corrected chi connectivity index (χ2v) is 6.23. The van der Waals surface area contributed by atoms with Crippen molar-refractivity contribution in [2.75, 3.05) is 14.2 Å². The molecule has 0 heterocycles. The van der Waals surface area contributed by atoms with E-state index in [1.54, 1.807) is 14.2 Å². The van der Waals surface area contributed by atoms with Crippen molar-refractivity contribution in [1.29, 1.82) is 0 Å². The number of hydrogen-bond acceptors (Lipinski definition) is 4. The van der Waals surface area contributed by atoms with Gasteiger partial charge in [-0.3, -0.25) is 0 Å². The van der Waals surface area contributed by atoms with E-state index >= 15 is 0 Å². The number of aliphatic hydroxyl groups excluding tert-OH is 1. The van der Waals surface area contributed by atoms with Gasteiger partial charge < -0.3 is 19.7 Å². The van der Waals surface area contributed by atoms with Gasteiger partial charge in [-0.05, 0) is 19.0 Å². The molecule has 0 bridgehead atoms.